The monoisotopic (exact) mass is 256 g/mol. The van der Waals surface area contributed by atoms with Crippen molar-refractivity contribution in [1.82, 2.24) is 10.6 Å². The van der Waals surface area contributed by atoms with E-state index in [-0.39, 0.29) is 5.91 Å². The number of carbonyl (C=O) groups is 1. The number of nitrogens with one attached hydrogen (secondary N) is 2. The highest BCUT2D eigenvalue weighted by atomic mass is 16.2. The molecule has 0 aromatic rings. The molecule has 0 aliphatic carbocycles. The molecule has 18 heavy (non-hydrogen) atoms. The molecule has 3 heteroatoms. The van der Waals surface area contributed by atoms with Gasteiger partial charge < -0.3 is 10.6 Å². The molecule has 2 N–H and O–H groups in total. The lowest BCUT2D eigenvalue weighted by atomic mass is 9.92. The summed E-state index contributed by atoms with van der Waals surface area (Å²) in [6.45, 7) is 12.2. The number of amides is 1. The van der Waals surface area contributed by atoms with Crippen LogP contribution in [0.4, 0.5) is 0 Å². The Kier molecular flexibility index (Phi) is 9.08. The van der Waals surface area contributed by atoms with Crippen LogP contribution in [-0.2, 0) is 4.79 Å². The molecule has 0 spiro atoms. The molecule has 0 saturated carbocycles. The molecule has 0 rings (SSSR count). The van der Waals surface area contributed by atoms with E-state index in [0.717, 1.165) is 19.4 Å². The van der Waals surface area contributed by atoms with Crippen LogP contribution >= 0.6 is 0 Å². The molecule has 0 aromatic carbocycles. The third kappa shape index (κ3) is 5.85. The van der Waals surface area contributed by atoms with Gasteiger partial charge in [-0.3, -0.25) is 4.79 Å². The van der Waals surface area contributed by atoms with Crippen molar-refractivity contribution in [3.8, 4) is 0 Å². The maximum atomic E-state index is 12.1. The summed E-state index contributed by atoms with van der Waals surface area (Å²) in [5, 5.41) is 6.45. The van der Waals surface area contributed by atoms with Gasteiger partial charge in [0.15, 0.2) is 0 Å². The normalized spacial score (nSPS) is 16.1. The molecule has 0 radical (unpaired) electrons. The van der Waals surface area contributed by atoms with Gasteiger partial charge in [-0.2, -0.15) is 0 Å². The van der Waals surface area contributed by atoms with Crippen LogP contribution in [0.2, 0.25) is 0 Å². The summed E-state index contributed by atoms with van der Waals surface area (Å²) in [6.07, 6.45) is 5.54. The Morgan fingerprint density at radius 3 is 2.28 bits per heavy atom. The Morgan fingerprint density at radius 1 is 1.17 bits per heavy atom. The van der Waals surface area contributed by atoms with E-state index >= 15 is 0 Å². The molecule has 0 aliphatic heterocycles. The molecular weight excluding hydrogens is 224 g/mol. The fourth-order valence-corrected chi connectivity index (χ4v) is 2.37. The van der Waals surface area contributed by atoms with E-state index in [2.05, 4.69) is 31.4 Å². The molecule has 108 valence electrons. The van der Waals surface area contributed by atoms with Crippen molar-refractivity contribution >= 4 is 5.91 Å². The van der Waals surface area contributed by atoms with Gasteiger partial charge in [-0.05, 0) is 39.2 Å². The first-order valence-electron chi connectivity index (χ1n) is 7.57. The SMILES string of the molecule is CCCC(CC)CNC(C)(CCC)C(=O)NCC. The van der Waals surface area contributed by atoms with E-state index in [1.165, 1.54) is 19.3 Å². The summed E-state index contributed by atoms with van der Waals surface area (Å²) in [5.74, 6) is 0.818. The van der Waals surface area contributed by atoms with E-state index in [1.807, 2.05) is 13.8 Å². The maximum absolute atomic E-state index is 12.1. The molecule has 0 aliphatic rings. The van der Waals surface area contributed by atoms with Crippen molar-refractivity contribution in [2.24, 2.45) is 5.92 Å². The number of carbonyl (C=O) groups excluding carboxylic acids is 1. The van der Waals surface area contributed by atoms with Crippen molar-refractivity contribution in [2.45, 2.75) is 72.3 Å². The average Bonchev–Trinajstić information content (AvgIpc) is 2.35. The zero-order chi connectivity index (χ0) is 14.0. The Bertz CT molecular complexity index is 231. The lowest BCUT2D eigenvalue weighted by molar-refractivity contribution is -0.127. The lowest BCUT2D eigenvalue weighted by Gasteiger charge is -2.31. The molecule has 0 fully saturated rings. The van der Waals surface area contributed by atoms with Gasteiger partial charge in [0.1, 0.15) is 0 Å². The number of hydrogen-bond acceptors (Lipinski definition) is 2. The van der Waals surface area contributed by atoms with Gasteiger partial charge in [0.25, 0.3) is 0 Å². The summed E-state index contributed by atoms with van der Waals surface area (Å²) < 4.78 is 0. The summed E-state index contributed by atoms with van der Waals surface area (Å²) in [4.78, 5) is 12.1. The first-order valence-corrected chi connectivity index (χ1v) is 7.57. The second-order valence-electron chi connectivity index (χ2n) is 5.39. The number of likely N-dealkylation sites (N-methyl/N-ethyl adjacent to an activating group) is 1. The van der Waals surface area contributed by atoms with Crippen LogP contribution in [0.3, 0.4) is 0 Å². The predicted molar refractivity (Wildman–Crippen MR) is 78.7 cm³/mol. The molecule has 2 atom stereocenters. The standard InChI is InChI=1S/C15H32N2O/c1-6-10-13(8-3)12-17-15(5,11-7-2)14(18)16-9-4/h13,17H,6-12H2,1-5H3,(H,16,18). The van der Waals surface area contributed by atoms with E-state index < -0.39 is 5.54 Å². The van der Waals surface area contributed by atoms with Gasteiger partial charge in [0.2, 0.25) is 5.91 Å². The van der Waals surface area contributed by atoms with Gasteiger partial charge in [-0.25, -0.2) is 0 Å². The Balaban J connectivity index is 4.45. The third-order valence-corrected chi connectivity index (χ3v) is 3.64. The van der Waals surface area contributed by atoms with Crippen LogP contribution in [0.1, 0.15) is 66.7 Å². The second kappa shape index (κ2) is 9.37. The van der Waals surface area contributed by atoms with Gasteiger partial charge in [-0.1, -0.05) is 40.0 Å². The predicted octanol–water partition coefficient (Wildman–Crippen LogP) is 3.10. The Labute approximate surface area is 113 Å². The molecule has 1 amide bonds. The van der Waals surface area contributed by atoms with Gasteiger partial charge in [-0.15, -0.1) is 0 Å². The zero-order valence-electron chi connectivity index (χ0n) is 12.9. The topological polar surface area (TPSA) is 41.1 Å². The minimum absolute atomic E-state index is 0.137. The molecule has 3 nitrogen and oxygen atoms in total. The zero-order valence-corrected chi connectivity index (χ0v) is 12.9. The Hall–Kier alpha value is -0.570. The fourth-order valence-electron chi connectivity index (χ4n) is 2.37. The van der Waals surface area contributed by atoms with E-state index in [4.69, 9.17) is 0 Å². The first-order chi connectivity index (χ1) is 8.53. The quantitative estimate of drug-likeness (QED) is 0.630. The van der Waals surface area contributed by atoms with Crippen molar-refractivity contribution < 1.29 is 4.79 Å². The minimum atomic E-state index is -0.411. The van der Waals surface area contributed by atoms with Gasteiger partial charge in [0, 0.05) is 6.54 Å². The summed E-state index contributed by atoms with van der Waals surface area (Å²) in [7, 11) is 0. The summed E-state index contributed by atoms with van der Waals surface area (Å²) >= 11 is 0. The highest BCUT2D eigenvalue weighted by Crippen LogP contribution is 2.16. The lowest BCUT2D eigenvalue weighted by Crippen LogP contribution is -2.55. The smallest absolute Gasteiger partial charge is 0.240 e. The molecule has 0 aromatic heterocycles. The molecular formula is C15H32N2O. The third-order valence-electron chi connectivity index (χ3n) is 3.64. The number of rotatable bonds is 10. The minimum Gasteiger partial charge on any atom is -0.355 e. The largest absolute Gasteiger partial charge is 0.355 e. The van der Waals surface area contributed by atoms with Crippen molar-refractivity contribution in [3.63, 3.8) is 0 Å². The van der Waals surface area contributed by atoms with Crippen LogP contribution in [0.5, 0.6) is 0 Å². The van der Waals surface area contributed by atoms with Crippen molar-refractivity contribution in [2.75, 3.05) is 13.1 Å². The average molecular weight is 256 g/mol. The summed E-state index contributed by atoms with van der Waals surface area (Å²) in [5.41, 5.74) is -0.411. The van der Waals surface area contributed by atoms with Crippen molar-refractivity contribution in [3.05, 3.63) is 0 Å². The van der Waals surface area contributed by atoms with Crippen LogP contribution in [0, 0.1) is 5.92 Å². The highest BCUT2D eigenvalue weighted by Gasteiger charge is 2.31. The van der Waals surface area contributed by atoms with Crippen LogP contribution < -0.4 is 10.6 Å². The van der Waals surface area contributed by atoms with Gasteiger partial charge >= 0.3 is 0 Å². The maximum Gasteiger partial charge on any atom is 0.240 e. The fraction of sp³-hybridized carbons (Fsp3) is 0.933. The molecule has 2 unspecified atom stereocenters. The Morgan fingerprint density at radius 2 is 1.83 bits per heavy atom. The molecule has 0 saturated heterocycles. The summed E-state index contributed by atoms with van der Waals surface area (Å²) in [6, 6.07) is 0. The van der Waals surface area contributed by atoms with Crippen LogP contribution in [0.15, 0.2) is 0 Å². The molecule has 0 bridgehead atoms. The second-order valence-corrected chi connectivity index (χ2v) is 5.39. The molecule has 0 heterocycles. The van der Waals surface area contributed by atoms with Crippen LogP contribution in [-0.4, -0.2) is 24.5 Å². The van der Waals surface area contributed by atoms with Crippen molar-refractivity contribution in [1.29, 1.82) is 0 Å². The van der Waals surface area contributed by atoms with E-state index in [9.17, 15) is 4.79 Å². The highest BCUT2D eigenvalue weighted by molar-refractivity contribution is 5.85. The van der Waals surface area contributed by atoms with E-state index in [0.29, 0.717) is 12.5 Å². The van der Waals surface area contributed by atoms with E-state index in [1.54, 1.807) is 0 Å². The number of hydrogen-bond donors (Lipinski definition) is 2. The van der Waals surface area contributed by atoms with Gasteiger partial charge in [0.05, 0.1) is 5.54 Å². The first kappa shape index (κ1) is 17.4. The van der Waals surface area contributed by atoms with Crippen LogP contribution in [0.25, 0.3) is 0 Å².